The summed E-state index contributed by atoms with van der Waals surface area (Å²) in [5.74, 6) is -0.334. The third-order valence-corrected chi connectivity index (χ3v) is 1.61. The number of aromatic nitrogens is 3. The third-order valence-electron chi connectivity index (χ3n) is 1.61. The number of nitrogens with one attached hydrogen (secondary N) is 1. The van der Waals surface area contributed by atoms with Crippen LogP contribution in [0.3, 0.4) is 0 Å². The minimum absolute atomic E-state index is 0.167. The number of nitrogens with zero attached hydrogens (tertiary/aromatic N) is 3. The van der Waals surface area contributed by atoms with Crippen LogP contribution < -0.4 is 5.73 Å². The summed E-state index contributed by atoms with van der Waals surface area (Å²) >= 11 is 0. The molecule has 6 heteroatoms. The molecule has 0 saturated carbocycles. The molecule has 0 atom stereocenters. The van der Waals surface area contributed by atoms with Crippen molar-refractivity contribution in [1.29, 1.82) is 5.41 Å². The fourth-order valence-electron chi connectivity index (χ4n) is 1.05. The Balaban J connectivity index is 2.79. The first kappa shape index (κ1) is 7.66. The summed E-state index contributed by atoms with van der Waals surface area (Å²) in [6, 6.07) is 0. The average molecular weight is 179 g/mol. The summed E-state index contributed by atoms with van der Waals surface area (Å²) in [6.07, 6.45) is 3.63. The summed E-state index contributed by atoms with van der Waals surface area (Å²) < 4.78 is 14.1. The number of rotatable bonds is 1. The molecule has 0 spiro atoms. The highest BCUT2D eigenvalue weighted by atomic mass is 19.1. The van der Waals surface area contributed by atoms with Crippen molar-refractivity contribution in [2.24, 2.45) is 5.73 Å². The van der Waals surface area contributed by atoms with Gasteiger partial charge >= 0.3 is 0 Å². The highest BCUT2D eigenvalue weighted by Crippen LogP contribution is 2.04. The largest absolute Gasteiger partial charge is 0.382 e. The van der Waals surface area contributed by atoms with Crippen molar-refractivity contribution in [2.75, 3.05) is 0 Å². The van der Waals surface area contributed by atoms with E-state index in [1.54, 1.807) is 0 Å². The van der Waals surface area contributed by atoms with Gasteiger partial charge in [-0.05, 0) is 0 Å². The molecule has 0 fully saturated rings. The van der Waals surface area contributed by atoms with Gasteiger partial charge in [0.15, 0.2) is 5.82 Å². The van der Waals surface area contributed by atoms with Crippen LogP contribution in [0.1, 0.15) is 5.69 Å². The molecule has 0 bridgehead atoms. The van der Waals surface area contributed by atoms with E-state index in [9.17, 15) is 4.39 Å². The first-order valence-corrected chi connectivity index (χ1v) is 3.51. The Morgan fingerprint density at radius 1 is 1.46 bits per heavy atom. The van der Waals surface area contributed by atoms with E-state index in [4.69, 9.17) is 11.1 Å². The Morgan fingerprint density at radius 3 is 2.85 bits per heavy atom. The van der Waals surface area contributed by atoms with E-state index in [1.165, 1.54) is 16.8 Å². The molecule has 0 aliphatic rings. The first-order valence-electron chi connectivity index (χ1n) is 3.51. The van der Waals surface area contributed by atoms with Gasteiger partial charge < -0.3 is 5.73 Å². The zero-order valence-corrected chi connectivity index (χ0v) is 6.53. The monoisotopic (exact) mass is 179 g/mol. The maximum atomic E-state index is 12.7. The fraction of sp³-hybridized carbons (Fsp3) is 0. The normalized spacial score (nSPS) is 10.5. The maximum Gasteiger partial charge on any atom is 0.234 e. The Kier molecular flexibility index (Phi) is 1.48. The van der Waals surface area contributed by atoms with E-state index in [1.807, 2.05) is 0 Å². The van der Waals surface area contributed by atoms with Crippen LogP contribution in [0.2, 0.25) is 0 Å². The lowest BCUT2D eigenvalue weighted by Gasteiger charge is -1.97. The van der Waals surface area contributed by atoms with Crippen molar-refractivity contribution in [3.63, 3.8) is 0 Å². The van der Waals surface area contributed by atoms with Gasteiger partial charge in [0, 0.05) is 0 Å². The smallest absolute Gasteiger partial charge is 0.234 e. The highest BCUT2D eigenvalue weighted by Gasteiger charge is 2.06. The quantitative estimate of drug-likeness (QED) is 0.483. The molecule has 2 aromatic rings. The highest BCUT2D eigenvalue weighted by molar-refractivity contribution is 5.93. The zero-order valence-electron chi connectivity index (χ0n) is 6.53. The van der Waals surface area contributed by atoms with Gasteiger partial charge in [-0.2, -0.15) is 0 Å². The van der Waals surface area contributed by atoms with Gasteiger partial charge in [-0.15, -0.1) is 0 Å². The standard InChI is InChI=1S/C7H6FN5/c8-4-1-11-7-12-2-5(6(9)10)13(7)3-4/h1-3H,(H3,9,10). The second-order valence-electron chi connectivity index (χ2n) is 2.50. The minimum Gasteiger partial charge on any atom is -0.382 e. The molecule has 0 amide bonds. The van der Waals surface area contributed by atoms with Crippen molar-refractivity contribution in [3.8, 4) is 0 Å². The van der Waals surface area contributed by atoms with E-state index >= 15 is 0 Å². The number of hydrogen-bond acceptors (Lipinski definition) is 3. The van der Waals surface area contributed by atoms with E-state index < -0.39 is 5.82 Å². The molecule has 2 rings (SSSR count). The Labute approximate surface area is 72.5 Å². The van der Waals surface area contributed by atoms with Crippen LogP contribution >= 0.6 is 0 Å². The minimum atomic E-state index is -0.493. The molecule has 0 radical (unpaired) electrons. The molecular weight excluding hydrogens is 173 g/mol. The molecule has 0 aliphatic carbocycles. The fourth-order valence-corrected chi connectivity index (χ4v) is 1.05. The van der Waals surface area contributed by atoms with Gasteiger partial charge in [0.25, 0.3) is 0 Å². The number of hydrogen-bond donors (Lipinski definition) is 2. The molecule has 2 heterocycles. The lowest BCUT2D eigenvalue weighted by molar-refractivity contribution is 0.611. The lowest BCUT2D eigenvalue weighted by atomic mass is 10.4. The van der Waals surface area contributed by atoms with E-state index in [-0.39, 0.29) is 5.84 Å². The molecule has 13 heavy (non-hydrogen) atoms. The molecule has 0 saturated heterocycles. The molecule has 66 valence electrons. The van der Waals surface area contributed by atoms with Crippen molar-refractivity contribution in [1.82, 2.24) is 14.4 Å². The third kappa shape index (κ3) is 1.12. The lowest BCUT2D eigenvalue weighted by Crippen LogP contribution is -2.13. The molecule has 0 aromatic carbocycles. The number of imidazole rings is 1. The molecular formula is C7H6FN5. The van der Waals surface area contributed by atoms with Crippen LogP contribution in [0.15, 0.2) is 18.6 Å². The predicted molar refractivity (Wildman–Crippen MR) is 44.0 cm³/mol. The Bertz CT molecular complexity index is 475. The zero-order chi connectivity index (χ0) is 9.42. The van der Waals surface area contributed by atoms with E-state index in [2.05, 4.69) is 9.97 Å². The van der Waals surface area contributed by atoms with Crippen molar-refractivity contribution in [3.05, 3.63) is 30.1 Å². The summed E-state index contributed by atoms with van der Waals surface area (Å²) in [5, 5.41) is 7.17. The topological polar surface area (TPSA) is 80.1 Å². The van der Waals surface area contributed by atoms with Crippen molar-refractivity contribution in [2.45, 2.75) is 0 Å². The maximum absolute atomic E-state index is 12.7. The van der Waals surface area contributed by atoms with Gasteiger partial charge in [-0.3, -0.25) is 9.81 Å². The van der Waals surface area contributed by atoms with E-state index in [0.717, 1.165) is 6.20 Å². The summed E-state index contributed by atoms with van der Waals surface area (Å²) in [6.45, 7) is 0. The van der Waals surface area contributed by atoms with Crippen LogP contribution in [-0.2, 0) is 0 Å². The SMILES string of the molecule is N=C(N)c1cnc2ncc(F)cn12. The first-order chi connectivity index (χ1) is 6.18. The molecule has 5 nitrogen and oxygen atoms in total. The van der Waals surface area contributed by atoms with Crippen LogP contribution in [0.25, 0.3) is 5.78 Å². The van der Waals surface area contributed by atoms with Gasteiger partial charge in [0.2, 0.25) is 5.78 Å². The number of fused-ring (bicyclic) bond motifs is 1. The van der Waals surface area contributed by atoms with Crippen molar-refractivity contribution >= 4 is 11.6 Å². The van der Waals surface area contributed by atoms with Crippen LogP contribution in [0, 0.1) is 11.2 Å². The van der Waals surface area contributed by atoms with Gasteiger partial charge in [0.1, 0.15) is 11.5 Å². The van der Waals surface area contributed by atoms with Gasteiger partial charge in [-0.25, -0.2) is 14.4 Å². The second-order valence-corrected chi connectivity index (χ2v) is 2.50. The summed E-state index contributed by atoms with van der Waals surface area (Å²) in [5.41, 5.74) is 5.58. The van der Waals surface area contributed by atoms with Gasteiger partial charge in [0.05, 0.1) is 18.6 Å². The van der Waals surface area contributed by atoms with Crippen molar-refractivity contribution < 1.29 is 4.39 Å². The summed E-state index contributed by atoms with van der Waals surface area (Å²) in [7, 11) is 0. The van der Waals surface area contributed by atoms with Crippen LogP contribution in [0.5, 0.6) is 0 Å². The average Bonchev–Trinajstić information content (AvgIpc) is 2.46. The number of nitrogens with two attached hydrogens (primary N) is 1. The van der Waals surface area contributed by atoms with Crippen LogP contribution in [0.4, 0.5) is 4.39 Å². The van der Waals surface area contributed by atoms with E-state index in [0.29, 0.717) is 11.5 Å². The number of nitrogen functional groups attached to an aromatic ring is 1. The number of amidine groups is 1. The summed E-state index contributed by atoms with van der Waals surface area (Å²) in [4.78, 5) is 7.55. The van der Waals surface area contributed by atoms with Gasteiger partial charge in [-0.1, -0.05) is 0 Å². The molecule has 2 aromatic heterocycles. The predicted octanol–water partition coefficient (Wildman–Crippen LogP) is 0.152. The second kappa shape index (κ2) is 2.51. The molecule has 3 N–H and O–H groups in total. The molecule has 0 aliphatic heterocycles. The Morgan fingerprint density at radius 2 is 2.15 bits per heavy atom. The van der Waals surface area contributed by atoms with Crippen LogP contribution in [-0.4, -0.2) is 20.2 Å². The molecule has 0 unspecified atom stereocenters. The number of halogens is 1. The Hall–Kier alpha value is -1.98.